The highest BCUT2D eigenvalue weighted by molar-refractivity contribution is 7.92. The van der Waals surface area contributed by atoms with E-state index in [4.69, 9.17) is 23.2 Å². The molecule has 10 heteroatoms. The number of amides is 2. The Balaban J connectivity index is 2.01. The molecule has 7 nitrogen and oxygen atoms in total. The van der Waals surface area contributed by atoms with Crippen molar-refractivity contribution < 1.29 is 18.0 Å². The van der Waals surface area contributed by atoms with Gasteiger partial charge in [0.15, 0.2) is 0 Å². The third kappa shape index (κ3) is 7.49. The predicted octanol–water partition coefficient (Wildman–Crippen LogP) is 5.52. The molecule has 202 valence electrons. The lowest BCUT2D eigenvalue weighted by atomic mass is 10.1. The lowest BCUT2D eigenvalue weighted by molar-refractivity contribution is -0.139. The van der Waals surface area contributed by atoms with Crippen molar-refractivity contribution in [1.82, 2.24) is 10.2 Å². The summed E-state index contributed by atoms with van der Waals surface area (Å²) < 4.78 is 28.5. The summed E-state index contributed by atoms with van der Waals surface area (Å²) in [5.41, 5.74) is 0.864. The summed E-state index contributed by atoms with van der Waals surface area (Å²) in [4.78, 5) is 28.2. The average molecular weight is 577 g/mol. The van der Waals surface area contributed by atoms with Crippen LogP contribution in [0.15, 0.2) is 83.8 Å². The molecule has 0 spiro atoms. The predicted molar refractivity (Wildman–Crippen MR) is 152 cm³/mol. The number of hydrogen-bond donors (Lipinski definition) is 1. The molecule has 3 rings (SSSR count). The van der Waals surface area contributed by atoms with Gasteiger partial charge in [-0.1, -0.05) is 85.1 Å². The van der Waals surface area contributed by atoms with Gasteiger partial charge in [0.2, 0.25) is 11.8 Å². The topological polar surface area (TPSA) is 86.8 Å². The van der Waals surface area contributed by atoms with E-state index in [1.807, 2.05) is 37.3 Å². The molecule has 3 aromatic rings. The molecule has 0 bridgehead atoms. The van der Waals surface area contributed by atoms with E-state index in [-0.39, 0.29) is 33.1 Å². The van der Waals surface area contributed by atoms with E-state index in [0.717, 1.165) is 22.7 Å². The lowest BCUT2D eigenvalue weighted by Gasteiger charge is -2.32. The highest BCUT2D eigenvalue weighted by atomic mass is 35.5. The van der Waals surface area contributed by atoms with Gasteiger partial charge in [-0.2, -0.15) is 0 Å². The standard InChI is InChI=1S/C28H31Cl2N3O4S/c1-3-4-17-31-28(35)21(2)32(19-22-11-7-5-8-12-22)27(34)20-33(26-18-23(29)15-16-25(26)30)38(36,37)24-13-9-6-10-14-24/h5-16,18,21H,3-4,17,19-20H2,1-2H3,(H,31,35)/t21-/m0/s1. The normalized spacial score (nSPS) is 12.0. The smallest absolute Gasteiger partial charge is 0.264 e. The molecule has 0 aromatic heterocycles. The van der Waals surface area contributed by atoms with Crippen LogP contribution in [-0.2, 0) is 26.2 Å². The fourth-order valence-corrected chi connectivity index (χ4v) is 5.69. The van der Waals surface area contributed by atoms with E-state index < -0.39 is 28.5 Å². The molecule has 2 amide bonds. The van der Waals surface area contributed by atoms with Gasteiger partial charge in [0.25, 0.3) is 10.0 Å². The van der Waals surface area contributed by atoms with Gasteiger partial charge in [-0.3, -0.25) is 13.9 Å². The number of hydrogen-bond acceptors (Lipinski definition) is 4. The number of nitrogens with one attached hydrogen (secondary N) is 1. The minimum absolute atomic E-state index is 0.0104. The Labute approximate surface area is 234 Å². The summed E-state index contributed by atoms with van der Waals surface area (Å²) in [5, 5.41) is 3.23. The maximum atomic E-state index is 13.8. The number of rotatable bonds is 12. The first-order valence-electron chi connectivity index (χ1n) is 12.3. The van der Waals surface area contributed by atoms with Crippen molar-refractivity contribution in [3.8, 4) is 0 Å². The summed E-state index contributed by atoms with van der Waals surface area (Å²) in [6.45, 7) is 3.66. The van der Waals surface area contributed by atoms with Crippen LogP contribution >= 0.6 is 23.2 Å². The molecule has 0 aliphatic rings. The average Bonchev–Trinajstić information content (AvgIpc) is 2.92. The minimum Gasteiger partial charge on any atom is -0.354 e. The highest BCUT2D eigenvalue weighted by Crippen LogP contribution is 2.33. The maximum absolute atomic E-state index is 13.8. The fraction of sp³-hybridized carbons (Fsp3) is 0.286. The first-order chi connectivity index (χ1) is 18.1. The Morgan fingerprint density at radius 3 is 2.21 bits per heavy atom. The van der Waals surface area contributed by atoms with Gasteiger partial charge in [0.05, 0.1) is 15.6 Å². The van der Waals surface area contributed by atoms with Crippen LogP contribution in [0.5, 0.6) is 0 Å². The summed E-state index contributed by atoms with van der Waals surface area (Å²) in [6, 6.07) is 20.5. The van der Waals surface area contributed by atoms with Crippen molar-refractivity contribution in [2.75, 3.05) is 17.4 Å². The van der Waals surface area contributed by atoms with Crippen LogP contribution < -0.4 is 9.62 Å². The molecule has 1 N–H and O–H groups in total. The number of unbranched alkanes of at least 4 members (excludes halogenated alkanes) is 1. The van der Waals surface area contributed by atoms with Crippen LogP contribution in [0.4, 0.5) is 5.69 Å². The largest absolute Gasteiger partial charge is 0.354 e. The van der Waals surface area contributed by atoms with Gasteiger partial charge in [-0.25, -0.2) is 8.42 Å². The number of anilines is 1. The Kier molecular flexibility index (Phi) is 10.6. The first kappa shape index (κ1) is 29.5. The molecule has 0 saturated carbocycles. The molecular formula is C28H31Cl2N3O4S. The third-order valence-electron chi connectivity index (χ3n) is 5.98. The van der Waals surface area contributed by atoms with Gasteiger partial charge in [0.1, 0.15) is 12.6 Å². The Bertz CT molecular complexity index is 1340. The number of carbonyl (C=O) groups is 2. The van der Waals surface area contributed by atoms with Gasteiger partial charge < -0.3 is 10.2 Å². The highest BCUT2D eigenvalue weighted by Gasteiger charge is 2.33. The number of carbonyl (C=O) groups excluding carboxylic acids is 2. The molecule has 0 saturated heterocycles. The zero-order valence-corrected chi connectivity index (χ0v) is 23.6. The van der Waals surface area contributed by atoms with Crippen LogP contribution in [0.2, 0.25) is 10.0 Å². The van der Waals surface area contributed by atoms with Crippen molar-refractivity contribution in [3.05, 3.63) is 94.5 Å². The molecule has 0 aliphatic heterocycles. The molecule has 0 heterocycles. The second kappa shape index (κ2) is 13.6. The third-order valence-corrected chi connectivity index (χ3v) is 8.31. The minimum atomic E-state index is -4.22. The number of halogens is 2. The van der Waals surface area contributed by atoms with Crippen LogP contribution in [0, 0.1) is 0 Å². The Morgan fingerprint density at radius 2 is 1.58 bits per heavy atom. The van der Waals surface area contributed by atoms with E-state index in [1.165, 1.54) is 35.2 Å². The molecular weight excluding hydrogens is 545 g/mol. The van der Waals surface area contributed by atoms with Crippen LogP contribution in [0.25, 0.3) is 0 Å². The number of benzene rings is 3. The van der Waals surface area contributed by atoms with Crippen LogP contribution in [-0.4, -0.2) is 44.3 Å². The first-order valence-corrected chi connectivity index (χ1v) is 14.5. The van der Waals surface area contributed by atoms with Gasteiger partial charge in [0, 0.05) is 18.1 Å². The van der Waals surface area contributed by atoms with E-state index in [2.05, 4.69) is 5.32 Å². The van der Waals surface area contributed by atoms with Crippen molar-refractivity contribution >= 4 is 50.7 Å². The van der Waals surface area contributed by atoms with Gasteiger partial charge in [-0.05, 0) is 49.2 Å². The summed E-state index contributed by atoms with van der Waals surface area (Å²) in [5.74, 6) is -0.886. The van der Waals surface area contributed by atoms with E-state index >= 15 is 0 Å². The molecule has 1 atom stereocenters. The SMILES string of the molecule is CCCCNC(=O)[C@H](C)N(Cc1ccccc1)C(=O)CN(c1cc(Cl)ccc1Cl)S(=O)(=O)c1ccccc1. The van der Waals surface area contributed by atoms with E-state index in [0.29, 0.717) is 6.54 Å². The van der Waals surface area contributed by atoms with Crippen molar-refractivity contribution in [2.24, 2.45) is 0 Å². The molecule has 0 fully saturated rings. The zero-order chi connectivity index (χ0) is 27.7. The van der Waals surface area contributed by atoms with Crippen LogP contribution in [0.3, 0.4) is 0 Å². The number of nitrogens with zero attached hydrogens (tertiary/aromatic N) is 2. The maximum Gasteiger partial charge on any atom is 0.264 e. The van der Waals surface area contributed by atoms with Crippen molar-refractivity contribution in [1.29, 1.82) is 0 Å². The van der Waals surface area contributed by atoms with Crippen LogP contribution in [0.1, 0.15) is 32.3 Å². The number of sulfonamides is 1. The zero-order valence-electron chi connectivity index (χ0n) is 21.3. The van der Waals surface area contributed by atoms with E-state index in [9.17, 15) is 18.0 Å². The Hall–Kier alpha value is -3.07. The lowest BCUT2D eigenvalue weighted by Crippen LogP contribution is -2.51. The fourth-order valence-electron chi connectivity index (χ4n) is 3.81. The summed E-state index contributed by atoms with van der Waals surface area (Å²) in [7, 11) is -4.22. The van der Waals surface area contributed by atoms with Crippen molar-refractivity contribution in [2.45, 2.75) is 44.2 Å². The second-order valence-corrected chi connectivity index (χ2v) is 11.5. The molecule has 0 radical (unpaired) electrons. The molecule has 0 aliphatic carbocycles. The molecule has 0 unspecified atom stereocenters. The summed E-state index contributed by atoms with van der Waals surface area (Å²) in [6.07, 6.45) is 1.72. The van der Waals surface area contributed by atoms with Gasteiger partial charge in [-0.15, -0.1) is 0 Å². The molecule has 38 heavy (non-hydrogen) atoms. The quantitative estimate of drug-likeness (QED) is 0.288. The van der Waals surface area contributed by atoms with E-state index in [1.54, 1.807) is 25.1 Å². The monoisotopic (exact) mass is 575 g/mol. The van der Waals surface area contributed by atoms with Gasteiger partial charge >= 0.3 is 0 Å². The molecule has 3 aromatic carbocycles. The summed E-state index contributed by atoms with van der Waals surface area (Å²) >= 11 is 12.6. The van der Waals surface area contributed by atoms with Crippen molar-refractivity contribution in [3.63, 3.8) is 0 Å². The second-order valence-electron chi connectivity index (χ2n) is 8.75. The Morgan fingerprint density at radius 1 is 0.947 bits per heavy atom.